The fourth-order valence-corrected chi connectivity index (χ4v) is 17.0. The zero-order chi connectivity index (χ0) is 46.9. The summed E-state index contributed by atoms with van der Waals surface area (Å²) >= 11 is 0. The molecular weight excluding hydrogens is 829 g/mol. The van der Waals surface area contributed by atoms with Gasteiger partial charge in [-0.1, -0.05) is 45.4 Å². The molecule has 0 radical (unpaired) electrons. The number of hydrogen-bond acceptors (Lipinski definition) is 9. The average Bonchev–Trinajstić information content (AvgIpc) is 3.77. The number of allylic oxidation sites excluding steroid dienone is 4. The van der Waals surface area contributed by atoms with Crippen LogP contribution >= 0.6 is 0 Å². The van der Waals surface area contributed by atoms with Crippen LogP contribution in [0.4, 0.5) is 5.69 Å². The van der Waals surface area contributed by atoms with Gasteiger partial charge in [0.25, 0.3) is 0 Å². The van der Waals surface area contributed by atoms with Crippen LogP contribution in [0.3, 0.4) is 0 Å². The molecule has 0 amide bonds. The van der Waals surface area contributed by atoms with Gasteiger partial charge in [0.15, 0.2) is 5.78 Å². The Morgan fingerprint density at radius 3 is 2.44 bits per heavy atom. The Morgan fingerprint density at radius 1 is 0.924 bits per heavy atom. The molecule has 16 atom stereocenters. The van der Waals surface area contributed by atoms with Crippen molar-refractivity contribution in [2.24, 2.45) is 69.3 Å². The lowest BCUT2D eigenvalue weighted by atomic mass is 9.43. The summed E-state index contributed by atoms with van der Waals surface area (Å²) in [5.74, 6) is 1.82. The Balaban J connectivity index is 0.866. The molecule has 1 aromatic carbocycles. The van der Waals surface area contributed by atoms with Crippen molar-refractivity contribution in [3.63, 3.8) is 0 Å². The van der Waals surface area contributed by atoms with Crippen molar-refractivity contribution in [2.45, 2.75) is 180 Å². The van der Waals surface area contributed by atoms with E-state index in [2.05, 4.69) is 70.8 Å². The maximum atomic E-state index is 13.4. The molecule has 2 unspecified atom stereocenters. The number of rotatable bonds is 14. The number of esters is 1. The highest BCUT2D eigenvalue weighted by molar-refractivity contribution is 5.93. The van der Waals surface area contributed by atoms with Crippen LogP contribution in [0.2, 0.25) is 0 Å². The molecule has 9 rings (SSSR count). The number of anilines is 1. The summed E-state index contributed by atoms with van der Waals surface area (Å²) in [5.41, 5.74) is 11.4. The minimum Gasteiger partial charge on any atom is -0.481 e. The minimum absolute atomic E-state index is 0.00345. The summed E-state index contributed by atoms with van der Waals surface area (Å²) in [6.07, 6.45) is 15.7. The van der Waals surface area contributed by atoms with Crippen molar-refractivity contribution in [1.29, 1.82) is 0 Å². The zero-order valence-corrected chi connectivity index (χ0v) is 41.1. The Hall–Kier alpha value is -3.05. The van der Waals surface area contributed by atoms with E-state index >= 15 is 0 Å². The standard InChI is InChI=1S/C56H82N2O8/c1-33(9-20-49(61)62)43-18-19-45-52-46(31-48(60)56(43,45)5)53(2)23-21-39(29-36(53)30-47(52)66-50(63)8-7-25-57)65-27-26-58(6)37-13-10-34(11-14-37)42-32-54(3)44(22-24-55(54,4)64)41-16-12-35-28-38(59)15-17-40(35)51(41)42/h10-11,13-14,28,33,36,39,41-48,52,60,64H,7-9,12,15-27,29-32,57H2,1-6H3,(H,61,62)/t33-,36+,39+,41?,42-,43-,44?,45+,46+,47-,48+,52+,53+,54+,55+,56-/m1/s1. The topological polar surface area (TPSA) is 160 Å². The molecule has 8 aliphatic rings. The molecule has 8 aliphatic carbocycles. The summed E-state index contributed by atoms with van der Waals surface area (Å²) in [5, 5.41) is 33.5. The second-order valence-electron chi connectivity index (χ2n) is 23.9. The van der Waals surface area contributed by atoms with Gasteiger partial charge in [-0.3, -0.25) is 14.4 Å². The van der Waals surface area contributed by atoms with Crippen molar-refractivity contribution in [3.05, 3.63) is 52.6 Å². The summed E-state index contributed by atoms with van der Waals surface area (Å²) in [4.78, 5) is 39.7. The van der Waals surface area contributed by atoms with Crippen LogP contribution in [-0.4, -0.2) is 83.7 Å². The van der Waals surface area contributed by atoms with E-state index in [-0.39, 0.29) is 82.1 Å². The van der Waals surface area contributed by atoms with Gasteiger partial charge in [-0.15, -0.1) is 0 Å². The molecule has 0 spiro atoms. The molecule has 1 aromatic rings. The van der Waals surface area contributed by atoms with E-state index in [0.29, 0.717) is 63.0 Å². The van der Waals surface area contributed by atoms with E-state index in [9.17, 15) is 29.7 Å². The van der Waals surface area contributed by atoms with Crippen molar-refractivity contribution < 1.29 is 39.2 Å². The molecule has 6 saturated carbocycles. The Morgan fingerprint density at radius 2 is 1.70 bits per heavy atom. The summed E-state index contributed by atoms with van der Waals surface area (Å²) in [6.45, 7) is 13.1. The molecule has 10 heteroatoms. The molecular formula is C56H82N2O8. The molecule has 364 valence electrons. The molecule has 5 N–H and O–H groups in total. The van der Waals surface area contributed by atoms with Crippen LogP contribution in [-0.2, 0) is 23.9 Å². The summed E-state index contributed by atoms with van der Waals surface area (Å²) < 4.78 is 13.3. The number of carboxylic acid groups (broad SMARTS) is 1. The number of carboxylic acids is 1. The number of ketones is 1. The zero-order valence-electron chi connectivity index (χ0n) is 41.1. The van der Waals surface area contributed by atoms with Crippen LogP contribution in [0.1, 0.15) is 162 Å². The third-order valence-electron chi connectivity index (χ3n) is 21.0. The number of fused-ring (bicyclic) bond motifs is 9. The van der Waals surface area contributed by atoms with Crippen LogP contribution in [0, 0.1) is 63.6 Å². The number of aliphatic carboxylic acids is 1. The van der Waals surface area contributed by atoms with E-state index in [4.69, 9.17) is 15.2 Å². The van der Waals surface area contributed by atoms with Gasteiger partial charge in [0.05, 0.1) is 24.4 Å². The van der Waals surface area contributed by atoms with Gasteiger partial charge in [0, 0.05) is 55.8 Å². The van der Waals surface area contributed by atoms with Gasteiger partial charge in [-0.2, -0.15) is 0 Å². The Kier molecular flexibility index (Phi) is 13.4. The number of carbonyl (C=O) groups excluding carboxylic acids is 2. The van der Waals surface area contributed by atoms with E-state index < -0.39 is 17.7 Å². The van der Waals surface area contributed by atoms with E-state index in [1.54, 1.807) is 5.57 Å². The number of aliphatic hydroxyl groups excluding tert-OH is 1. The lowest BCUT2D eigenvalue weighted by Gasteiger charge is -2.64. The van der Waals surface area contributed by atoms with E-state index in [1.807, 2.05) is 6.08 Å². The van der Waals surface area contributed by atoms with Crippen LogP contribution in [0.5, 0.6) is 0 Å². The van der Waals surface area contributed by atoms with Crippen molar-refractivity contribution >= 4 is 23.4 Å². The van der Waals surface area contributed by atoms with Gasteiger partial charge in [0.1, 0.15) is 6.10 Å². The molecule has 0 heterocycles. The molecule has 0 aliphatic heterocycles. The number of likely N-dealkylation sites (N-methyl/N-ethyl adjacent to an activating group) is 1. The van der Waals surface area contributed by atoms with Gasteiger partial charge in [0.2, 0.25) is 0 Å². The van der Waals surface area contributed by atoms with Crippen LogP contribution in [0.25, 0.3) is 0 Å². The SMILES string of the molecule is C[C@H](CCC(=O)O)[C@H]1CC[C@H]2[C@@H]3[C@H](OC(=O)CCCN)C[C@@H]4C[C@@H](OCCN(C)c5ccc([C@H]6C[C@@]7(C)C(CC[C@]7(C)O)C7CCC8=CC(=O)CCC8=C76)cc5)CC[C@]4(C)[C@H]3C[C@H](O)[C@]12C. The molecule has 10 nitrogen and oxygen atoms in total. The highest BCUT2D eigenvalue weighted by Gasteiger charge is 2.67. The predicted octanol–water partition coefficient (Wildman–Crippen LogP) is 9.55. The highest BCUT2D eigenvalue weighted by atomic mass is 16.5. The number of hydrogen-bond donors (Lipinski definition) is 4. The third-order valence-corrected chi connectivity index (χ3v) is 21.0. The second-order valence-corrected chi connectivity index (χ2v) is 23.9. The summed E-state index contributed by atoms with van der Waals surface area (Å²) in [7, 11) is 2.14. The second kappa shape index (κ2) is 18.4. The van der Waals surface area contributed by atoms with Gasteiger partial charge in [-0.25, -0.2) is 0 Å². The number of benzene rings is 1. The summed E-state index contributed by atoms with van der Waals surface area (Å²) in [6, 6.07) is 9.14. The van der Waals surface area contributed by atoms with Crippen molar-refractivity contribution in [1.82, 2.24) is 0 Å². The number of aliphatic hydroxyl groups is 2. The first-order valence-corrected chi connectivity index (χ1v) is 26.3. The third kappa shape index (κ3) is 8.25. The molecule has 0 aromatic heterocycles. The smallest absolute Gasteiger partial charge is 0.306 e. The number of carbonyl (C=O) groups is 3. The first-order valence-electron chi connectivity index (χ1n) is 26.3. The van der Waals surface area contributed by atoms with Crippen molar-refractivity contribution in [3.8, 4) is 0 Å². The van der Waals surface area contributed by atoms with Crippen molar-refractivity contribution in [2.75, 3.05) is 31.6 Å². The van der Waals surface area contributed by atoms with Crippen LogP contribution < -0.4 is 10.6 Å². The highest BCUT2D eigenvalue weighted by Crippen LogP contribution is 2.70. The molecule has 0 saturated heterocycles. The minimum atomic E-state index is -0.769. The predicted molar refractivity (Wildman–Crippen MR) is 257 cm³/mol. The van der Waals surface area contributed by atoms with Gasteiger partial charge < -0.3 is 35.4 Å². The fraction of sp³-hybridized carbons (Fsp3) is 0.768. The number of nitrogens with two attached hydrogens (primary N) is 1. The normalized spacial score (nSPS) is 41.9. The average molecular weight is 911 g/mol. The lowest BCUT2D eigenvalue weighted by Crippen LogP contribution is -2.63. The Bertz CT molecular complexity index is 2060. The molecule has 0 bridgehead atoms. The first kappa shape index (κ1) is 48.0. The largest absolute Gasteiger partial charge is 0.481 e. The van der Waals surface area contributed by atoms with E-state index in [0.717, 1.165) is 89.3 Å². The quantitative estimate of drug-likeness (QED) is 0.133. The number of ether oxygens (including phenoxy) is 2. The maximum Gasteiger partial charge on any atom is 0.306 e. The van der Waals surface area contributed by atoms with Crippen LogP contribution in [0.15, 0.2) is 47.1 Å². The lowest BCUT2D eigenvalue weighted by molar-refractivity contribution is -0.218. The van der Waals surface area contributed by atoms with Gasteiger partial charge >= 0.3 is 11.9 Å². The first-order chi connectivity index (χ1) is 31.4. The van der Waals surface area contributed by atoms with E-state index in [1.165, 1.54) is 16.7 Å². The molecule has 6 fully saturated rings. The Labute approximate surface area is 394 Å². The fourth-order valence-electron chi connectivity index (χ4n) is 17.0. The maximum absolute atomic E-state index is 13.4. The monoisotopic (exact) mass is 911 g/mol. The molecule has 66 heavy (non-hydrogen) atoms. The number of nitrogens with zero attached hydrogens (tertiary/aromatic N) is 1. The van der Waals surface area contributed by atoms with Gasteiger partial charge in [-0.05, 0) is 197 Å².